The van der Waals surface area contributed by atoms with Gasteiger partial charge in [0.25, 0.3) is 0 Å². The van der Waals surface area contributed by atoms with Crippen molar-refractivity contribution in [1.82, 2.24) is 5.32 Å². The molecule has 1 aliphatic heterocycles. The van der Waals surface area contributed by atoms with E-state index in [4.69, 9.17) is 4.74 Å². The fourth-order valence-corrected chi connectivity index (χ4v) is 2.43. The summed E-state index contributed by atoms with van der Waals surface area (Å²) < 4.78 is 5.87. The molecule has 1 aliphatic rings. The second-order valence-electron chi connectivity index (χ2n) is 5.28. The summed E-state index contributed by atoms with van der Waals surface area (Å²) in [6.07, 6.45) is 2.52. The molecule has 0 spiro atoms. The van der Waals surface area contributed by atoms with Crippen LogP contribution in [0.1, 0.15) is 43.7 Å². The third-order valence-electron chi connectivity index (χ3n) is 3.49. The molecule has 17 heavy (non-hydrogen) atoms. The molecule has 0 radical (unpaired) electrons. The molecule has 0 saturated carbocycles. The molecule has 1 aromatic carbocycles. The first kappa shape index (κ1) is 12.4. The lowest BCUT2D eigenvalue weighted by atomic mass is 9.98. The molecule has 1 heterocycles. The SMILES string of the molecule is Cc1ccc(OC[C@@H]2CCCN2)cc1C(C)C. The van der Waals surface area contributed by atoms with Gasteiger partial charge in [0.2, 0.25) is 0 Å². The smallest absolute Gasteiger partial charge is 0.119 e. The average Bonchev–Trinajstić information content (AvgIpc) is 2.80. The molecule has 0 amide bonds. The van der Waals surface area contributed by atoms with Gasteiger partial charge in [-0.3, -0.25) is 0 Å². The van der Waals surface area contributed by atoms with Gasteiger partial charge in [0.1, 0.15) is 12.4 Å². The van der Waals surface area contributed by atoms with Gasteiger partial charge in [-0.05, 0) is 55.5 Å². The third-order valence-corrected chi connectivity index (χ3v) is 3.49. The van der Waals surface area contributed by atoms with Gasteiger partial charge in [-0.15, -0.1) is 0 Å². The van der Waals surface area contributed by atoms with Gasteiger partial charge < -0.3 is 10.1 Å². The van der Waals surface area contributed by atoms with Crippen molar-refractivity contribution in [2.75, 3.05) is 13.2 Å². The molecule has 2 rings (SSSR count). The molecule has 94 valence electrons. The highest BCUT2D eigenvalue weighted by Gasteiger charge is 2.14. The molecule has 1 N–H and O–H groups in total. The van der Waals surface area contributed by atoms with Gasteiger partial charge in [-0.25, -0.2) is 0 Å². The Bertz CT molecular complexity index is 367. The van der Waals surface area contributed by atoms with E-state index in [-0.39, 0.29) is 0 Å². The molecule has 1 aromatic rings. The standard InChI is InChI=1S/C15H23NO/c1-11(2)15-9-14(7-6-12(15)3)17-10-13-5-4-8-16-13/h6-7,9,11,13,16H,4-5,8,10H2,1-3H3/t13-/m0/s1. The van der Waals surface area contributed by atoms with Crippen LogP contribution in [-0.4, -0.2) is 19.2 Å². The Labute approximate surface area is 104 Å². The lowest BCUT2D eigenvalue weighted by Gasteiger charge is -2.15. The highest BCUT2D eigenvalue weighted by atomic mass is 16.5. The Hall–Kier alpha value is -1.02. The van der Waals surface area contributed by atoms with Crippen LogP contribution in [0.25, 0.3) is 0 Å². The maximum atomic E-state index is 5.87. The highest BCUT2D eigenvalue weighted by molar-refractivity contribution is 5.36. The van der Waals surface area contributed by atoms with Crippen molar-refractivity contribution in [2.24, 2.45) is 0 Å². The van der Waals surface area contributed by atoms with Gasteiger partial charge in [0.05, 0.1) is 0 Å². The van der Waals surface area contributed by atoms with Crippen molar-refractivity contribution in [3.8, 4) is 5.75 Å². The van der Waals surface area contributed by atoms with E-state index in [1.54, 1.807) is 0 Å². The van der Waals surface area contributed by atoms with E-state index >= 15 is 0 Å². The largest absolute Gasteiger partial charge is 0.492 e. The minimum atomic E-state index is 0.541. The van der Waals surface area contributed by atoms with E-state index in [0.29, 0.717) is 12.0 Å². The van der Waals surface area contributed by atoms with E-state index in [1.807, 2.05) is 0 Å². The summed E-state index contributed by atoms with van der Waals surface area (Å²) in [5, 5.41) is 3.45. The van der Waals surface area contributed by atoms with Crippen molar-refractivity contribution >= 4 is 0 Å². The van der Waals surface area contributed by atoms with Crippen molar-refractivity contribution in [3.05, 3.63) is 29.3 Å². The van der Waals surface area contributed by atoms with Crippen LogP contribution in [0.4, 0.5) is 0 Å². The fourth-order valence-electron chi connectivity index (χ4n) is 2.43. The second kappa shape index (κ2) is 5.54. The summed E-state index contributed by atoms with van der Waals surface area (Å²) in [6, 6.07) is 6.97. The van der Waals surface area contributed by atoms with Gasteiger partial charge in [0.15, 0.2) is 0 Å². The first-order valence-corrected chi connectivity index (χ1v) is 6.63. The van der Waals surface area contributed by atoms with Gasteiger partial charge in [-0.2, -0.15) is 0 Å². The summed E-state index contributed by atoms with van der Waals surface area (Å²) >= 11 is 0. The molecule has 1 fully saturated rings. The van der Waals surface area contributed by atoms with Crippen LogP contribution >= 0.6 is 0 Å². The molecule has 1 atom stereocenters. The molecule has 0 bridgehead atoms. The predicted octanol–water partition coefficient (Wildman–Crippen LogP) is 3.25. The first-order valence-electron chi connectivity index (χ1n) is 6.63. The van der Waals surface area contributed by atoms with Crippen molar-refractivity contribution in [1.29, 1.82) is 0 Å². The van der Waals surface area contributed by atoms with E-state index in [2.05, 4.69) is 44.3 Å². The Morgan fingerprint density at radius 2 is 2.24 bits per heavy atom. The van der Waals surface area contributed by atoms with Gasteiger partial charge in [0, 0.05) is 6.04 Å². The minimum Gasteiger partial charge on any atom is -0.492 e. The van der Waals surface area contributed by atoms with Crippen molar-refractivity contribution < 1.29 is 4.74 Å². The fraction of sp³-hybridized carbons (Fsp3) is 0.600. The lowest BCUT2D eigenvalue weighted by molar-refractivity contribution is 0.277. The molecule has 2 heteroatoms. The lowest BCUT2D eigenvalue weighted by Crippen LogP contribution is -2.28. The number of aryl methyl sites for hydroxylation is 1. The van der Waals surface area contributed by atoms with Crippen LogP contribution in [0.3, 0.4) is 0 Å². The molecule has 0 unspecified atom stereocenters. The number of rotatable bonds is 4. The van der Waals surface area contributed by atoms with E-state index in [9.17, 15) is 0 Å². The number of hydrogen-bond donors (Lipinski definition) is 1. The number of nitrogens with one attached hydrogen (secondary N) is 1. The van der Waals surface area contributed by atoms with E-state index in [1.165, 1.54) is 24.0 Å². The zero-order chi connectivity index (χ0) is 12.3. The van der Waals surface area contributed by atoms with Crippen LogP contribution in [-0.2, 0) is 0 Å². The number of ether oxygens (including phenoxy) is 1. The number of benzene rings is 1. The molecule has 2 nitrogen and oxygen atoms in total. The summed E-state index contributed by atoms with van der Waals surface area (Å²) in [6.45, 7) is 8.55. The summed E-state index contributed by atoms with van der Waals surface area (Å²) in [5.74, 6) is 1.57. The second-order valence-corrected chi connectivity index (χ2v) is 5.28. The topological polar surface area (TPSA) is 21.3 Å². The zero-order valence-electron chi connectivity index (χ0n) is 11.1. The van der Waals surface area contributed by atoms with Gasteiger partial charge >= 0.3 is 0 Å². The molecule has 1 saturated heterocycles. The van der Waals surface area contributed by atoms with Crippen LogP contribution in [0, 0.1) is 6.92 Å². The third kappa shape index (κ3) is 3.22. The monoisotopic (exact) mass is 233 g/mol. The Morgan fingerprint density at radius 3 is 2.88 bits per heavy atom. The molecular weight excluding hydrogens is 210 g/mol. The van der Waals surface area contributed by atoms with Crippen LogP contribution in [0.15, 0.2) is 18.2 Å². The molecule has 0 aromatic heterocycles. The molecular formula is C15H23NO. The quantitative estimate of drug-likeness (QED) is 0.862. The Kier molecular flexibility index (Phi) is 4.06. The minimum absolute atomic E-state index is 0.541. The average molecular weight is 233 g/mol. The van der Waals surface area contributed by atoms with Crippen LogP contribution in [0.2, 0.25) is 0 Å². The highest BCUT2D eigenvalue weighted by Crippen LogP contribution is 2.24. The summed E-state index contributed by atoms with van der Waals surface area (Å²) in [7, 11) is 0. The Balaban J connectivity index is 1.98. The number of hydrogen-bond acceptors (Lipinski definition) is 2. The van der Waals surface area contributed by atoms with E-state index < -0.39 is 0 Å². The van der Waals surface area contributed by atoms with Crippen molar-refractivity contribution in [2.45, 2.75) is 45.6 Å². The van der Waals surface area contributed by atoms with E-state index in [0.717, 1.165) is 18.9 Å². The maximum Gasteiger partial charge on any atom is 0.119 e. The molecule has 0 aliphatic carbocycles. The maximum absolute atomic E-state index is 5.87. The zero-order valence-corrected chi connectivity index (χ0v) is 11.1. The normalized spacial score (nSPS) is 19.9. The Morgan fingerprint density at radius 1 is 1.41 bits per heavy atom. The summed E-state index contributed by atoms with van der Waals surface area (Å²) in [5.41, 5.74) is 2.74. The van der Waals surface area contributed by atoms with Gasteiger partial charge in [-0.1, -0.05) is 19.9 Å². The van der Waals surface area contributed by atoms with Crippen molar-refractivity contribution in [3.63, 3.8) is 0 Å². The predicted molar refractivity (Wildman–Crippen MR) is 71.8 cm³/mol. The summed E-state index contributed by atoms with van der Waals surface area (Å²) in [4.78, 5) is 0. The van der Waals surface area contributed by atoms with Crippen LogP contribution in [0.5, 0.6) is 5.75 Å². The van der Waals surface area contributed by atoms with Crippen LogP contribution < -0.4 is 10.1 Å². The first-order chi connectivity index (χ1) is 8.16.